The second kappa shape index (κ2) is 3.73. The molecule has 16 heavy (non-hydrogen) atoms. The van der Waals surface area contributed by atoms with Gasteiger partial charge in [-0.15, -0.1) is 0 Å². The molecular formula is C15H19F. The third kappa shape index (κ3) is 1.59. The largest absolute Gasteiger partial charge is 0.234 e. The van der Waals surface area contributed by atoms with Crippen molar-refractivity contribution in [3.05, 3.63) is 46.0 Å². The zero-order valence-corrected chi connectivity index (χ0v) is 10.5. The summed E-state index contributed by atoms with van der Waals surface area (Å²) in [4.78, 5) is 0. The van der Waals surface area contributed by atoms with Crippen molar-refractivity contribution in [3.8, 4) is 0 Å². The molecule has 1 heteroatoms. The highest BCUT2D eigenvalue weighted by molar-refractivity contribution is 5.48. The second-order valence-corrected chi connectivity index (χ2v) is 4.97. The zero-order valence-electron chi connectivity index (χ0n) is 10.5. The van der Waals surface area contributed by atoms with E-state index >= 15 is 0 Å². The summed E-state index contributed by atoms with van der Waals surface area (Å²) < 4.78 is 14.9. The van der Waals surface area contributed by atoms with Crippen LogP contribution in [-0.4, -0.2) is 0 Å². The molecule has 0 saturated carbocycles. The predicted molar refractivity (Wildman–Crippen MR) is 66.5 cm³/mol. The average Bonchev–Trinajstić information content (AvgIpc) is 2.32. The van der Waals surface area contributed by atoms with Crippen molar-refractivity contribution in [3.63, 3.8) is 0 Å². The summed E-state index contributed by atoms with van der Waals surface area (Å²) in [6.45, 7) is 7.67. The fourth-order valence-electron chi connectivity index (χ4n) is 2.57. The first-order valence-electron chi connectivity index (χ1n) is 5.90. The molecule has 86 valence electrons. The van der Waals surface area contributed by atoms with Gasteiger partial charge in [-0.1, -0.05) is 18.2 Å². The molecule has 0 N–H and O–H groups in total. The molecule has 1 aromatic carbocycles. The van der Waals surface area contributed by atoms with Crippen molar-refractivity contribution in [1.29, 1.82) is 0 Å². The topological polar surface area (TPSA) is 0 Å². The fourth-order valence-corrected chi connectivity index (χ4v) is 2.57. The van der Waals surface area contributed by atoms with Crippen LogP contribution in [0.25, 0.3) is 0 Å². The molecule has 0 heterocycles. The van der Waals surface area contributed by atoms with E-state index in [-0.39, 0.29) is 0 Å². The van der Waals surface area contributed by atoms with Crippen molar-refractivity contribution in [2.45, 2.75) is 46.2 Å². The summed E-state index contributed by atoms with van der Waals surface area (Å²) in [5.41, 5.74) is 3.90. The molecule has 0 nitrogen and oxygen atoms in total. The van der Waals surface area contributed by atoms with Crippen LogP contribution >= 0.6 is 0 Å². The van der Waals surface area contributed by atoms with E-state index in [1.807, 2.05) is 19.9 Å². The first kappa shape index (κ1) is 11.4. The van der Waals surface area contributed by atoms with Gasteiger partial charge in [0.25, 0.3) is 0 Å². The Morgan fingerprint density at radius 3 is 2.56 bits per heavy atom. The number of aryl methyl sites for hydroxylation is 2. The summed E-state index contributed by atoms with van der Waals surface area (Å²) in [5.74, 6) is 0. The van der Waals surface area contributed by atoms with Gasteiger partial charge in [0.15, 0.2) is 5.67 Å². The molecule has 0 bridgehead atoms. The maximum Gasteiger partial charge on any atom is 0.154 e. The molecule has 0 amide bonds. The first-order valence-corrected chi connectivity index (χ1v) is 5.90. The Kier molecular flexibility index (Phi) is 2.65. The third-order valence-electron chi connectivity index (χ3n) is 3.90. The Hall–Kier alpha value is -1.11. The minimum absolute atomic E-state index is 0.847. The number of benzene rings is 1. The minimum Gasteiger partial charge on any atom is -0.234 e. The van der Waals surface area contributed by atoms with Crippen molar-refractivity contribution < 1.29 is 4.39 Å². The molecule has 1 aliphatic carbocycles. The van der Waals surface area contributed by atoms with E-state index in [4.69, 9.17) is 0 Å². The molecule has 0 saturated heterocycles. The molecule has 0 aliphatic heterocycles. The van der Waals surface area contributed by atoms with Crippen LogP contribution in [0.1, 0.15) is 42.5 Å². The fraction of sp³-hybridized carbons (Fsp3) is 0.467. The molecule has 0 radical (unpaired) electrons. The van der Waals surface area contributed by atoms with Gasteiger partial charge in [0.2, 0.25) is 0 Å². The van der Waals surface area contributed by atoms with Crippen molar-refractivity contribution >= 4 is 0 Å². The number of hydrogen-bond donors (Lipinski definition) is 0. The number of hydrogen-bond acceptors (Lipinski definition) is 0. The summed E-state index contributed by atoms with van der Waals surface area (Å²) in [6.07, 6.45) is 3.93. The van der Waals surface area contributed by atoms with Crippen LogP contribution in [0.3, 0.4) is 0 Å². The molecule has 2 rings (SSSR count). The molecule has 1 aromatic rings. The number of alkyl halides is 1. The van der Waals surface area contributed by atoms with Crippen LogP contribution in [0, 0.1) is 13.8 Å². The molecule has 1 atom stereocenters. The van der Waals surface area contributed by atoms with Crippen molar-refractivity contribution in [2.75, 3.05) is 0 Å². The smallest absolute Gasteiger partial charge is 0.154 e. The lowest BCUT2D eigenvalue weighted by Gasteiger charge is -2.26. The maximum absolute atomic E-state index is 14.9. The number of rotatable bonds is 0. The highest BCUT2D eigenvalue weighted by atomic mass is 19.1. The van der Waals surface area contributed by atoms with Crippen LogP contribution in [0.15, 0.2) is 23.8 Å². The maximum atomic E-state index is 14.9. The second-order valence-electron chi connectivity index (χ2n) is 4.97. The highest BCUT2D eigenvalue weighted by Crippen LogP contribution is 2.40. The Morgan fingerprint density at radius 2 is 1.88 bits per heavy atom. The van der Waals surface area contributed by atoms with Crippen LogP contribution in [0.5, 0.6) is 0 Å². The van der Waals surface area contributed by atoms with Crippen LogP contribution in [-0.2, 0) is 12.1 Å². The van der Waals surface area contributed by atoms with E-state index in [9.17, 15) is 4.39 Å². The minimum atomic E-state index is -1.30. The lowest BCUT2D eigenvalue weighted by molar-refractivity contribution is 0.243. The molecule has 1 unspecified atom stereocenters. The number of allylic oxidation sites excluding steroid dienone is 2. The predicted octanol–water partition coefficient (Wildman–Crippen LogP) is 4.38. The molecule has 0 fully saturated rings. The van der Waals surface area contributed by atoms with Gasteiger partial charge in [0.05, 0.1) is 0 Å². The van der Waals surface area contributed by atoms with Crippen LogP contribution in [0.4, 0.5) is 4.39 Å². The summed E-state index contributed by atoms with van der Waals surface area (Å²) in [5, 5.41) is 0. The third-order valence-corrected chi connectivity index (χ3v) is 3.90. The van der Waals surface area contributed by atoms with Gasteiger partial charge >= 0.3 is 0 Å². The highest BCUT2D eigenvalue weighted by Gasteiger charge is 2.33. The van der Waals surface area contributed by atoms with Crippen LogP contribution in [0.2, 0.25) is 0 Å². The van der Waals surface area contributed by atoms with Crippen molar-refractivity contribution in [2.24, 2.45) is 0 Å². The Morgan fingerprint density at radius 1 is 1.19 bits per heavy atom. The van der Waals surface area contributed by atoms with Gasteiger partial charge in [-0.2, -0.15) is 0 Å². The summed E-state index contributed by atoms with van der Waals surface area (Å²) in [6, 6.07) is 4.19. The van der Waals surface area contributed by atoms with E-state index in [1.54, 1.807) is 6.92 Å². The number of fused-ring (bicyclic) bond motifs is 1. The quantitative estimate of drug-likeness (QED) is 0.567. The molecule has 0 aromatic heterocycles. The van der Waals surface area contributed by atoms with Crippen molar-refractivity contribution in [1.82, 2.24) is 0 Å². The van der Waals surface area contributed by atoms with E-state index < -0.39 is 5.67 Å². The van der Waals surface area contributed by atoms with E-state index in [0.717, 1.165) is 29.5 Å². The van der Waals surface area contributed by atoms with Gasteiger partial charge in [0, 0.05) is 0 Å². The van der Waals surface area contributed by atoms with Gasteiger partial charge in [-0.05, 0) is 68.4 Å². The van der Waals surface area contributed by atoms with Gasteiger partial charge in [0.1, 0.15) is 0 Å². The van der Waals surface area contributed by atoms with Gasteiger partial charge < -0.3 is 0 Å². The van der Waals surface area contributed by atoms with Gasteiger partial charge in [-0.25, -0.2) is 4.39 Å². The molecular weight excluding hydrogens is 199 g/mol. The lowest BCUT2D eigenvalue weighted by Crippen LogP contribution is -2.20. The SMILES string of the molecule is CC1=CCCc2ccc(C)c(C)c2C1(C)F. The zero-order chi connectivity index (χ0) is 11.9. The van der Waals surface area contributed by atoms with Crippen LogP contribution < -0.4 is 0 Å². The van der Waals surface area contributed by atoms with E-state index in [0.29, 0.717) is 0 Å². The lowest BCUT2D eigenvalue weighted by atomic mass is 9.84. The Bertz CT molecular complexity index is 453. The standard InChI is InChI=1S/C15H19F/c1-10-8-9-13-7-5-6-11(2)15(4,16)14(13)12(10)3/h6,8-9H,5,7H2,1-4H3. The summed E-state index contributed by atoms with van der Waals surface area (Å²) in [7, 11) is 0. The van der Waals surface area contributed by atoms with Gasteiger partial charge in [-0.3, -0.25) is 0 Å². The first-order chi connectivity index (χ1) is 7.44. The monoisotopic (exact) mass is 218 g/mol. The summed E-state index contributed by atoms with van der Waals surface area (Å²) >= 11 is 0. The normalized spacial score (nSPS) is 24.7. The molecule has 1 aliphatic rings. The molecule has 0 spiro atoms. The average molecular weight is 218 g/mol. The van der Waals surface area contributed by atoms with E-state index in [2.05, 4.69) is 19.1 Å². The number of halogens is 1. The Labute approximate surface area is 97.2 Å². The Balaban J connectivity index is 2.73. The van der Waals surface area contributed by atoms with E-state index in [1.165, 1.54) is 11.1 Å².